The number of aliphatic hydroxyl groups is 1. The first kappa shape index (κ1) is 49.2. The van der Waals surface area contributed by atoms with Crippen molar-refractivity contribution in [1.29, 1.82) is 0 Å². The molecule has 0 saturated carbocycles. The Labute approximate surface area is 378 Å². The number of para-hydroxylation sites is 2. The fourth-order valence-electron chi connectivity index (χ4n) is 10.6. The average Bonchev–Trinajstić information content (AvgIpc) is 3.76. The Morgan fingerprint density at radius 1 is 0.953 bits per heavy atom. The summed E-state index contributed by atoms with van der Waals surface area (Å²) in [6.45, 7) is 17.7. The predicted molar refractivity (Wildman–Crippen MR) is 240 cm³/mol. The lowest BCUT2D eigenvalue weighted by atomic mass is 9.73. The number of hydrogen-bond acceptors (Lipinski definition) is 13. The third-order valence-corrected chi connectivity index (χ3v) is 14.4. The van der Waals surface area contributed by atoms with Gasteiger partial charge in [-0.05, 0) is 97.2 Å². The number of likely N-dealkylation sites (N-methyl/N-ethyl adjacent to an activating group) is 1. The second-order valence-corrected chi connectivity index (χ2v) is 18.9. The minimum atomic E-state index is -1.42. The summed E-state index contributed by atoms with van der Waals surface area (Å²) in [4.78, 5) is 70.5. The van der Waals surface area contributed by atoms with Crippen LogP contribution in [0.4, 0.5) is 4.79 Å². The zero-order valence-electron chi connectivity index (χ0n) is 39.7. The van der Waals surface area contributed by atoms with E-state index in [1.165, 1.54) is 14.0 Å². The van der Waals surface area contributed by atoms with Gasteiger partial charge in [-0.1, -0.05) is 52.8 Å². The number of esters is 1. The van der Waals surface area contributed by atoms with Gasteiger partial charge in [-0.2, -0.15) is 0 Å². The molecule has 3 saturated heterocycles. The topological polar surface area (TPSA) is 172 Å². The van der Waals surface area contributed by atoms with Gasteiger partial charge in [-0.15, -0.1) is 0 Å². The van der Waals surface area contributed by atoms with Crippen LogP contribution in [-0.2, 0) is 51.0 Å². The number of ether oxygens (including phenoxy) is 5. The van der Waals surface area contributed by atoms with Crippen LogP contribution in [0.2, 0.25) is 0 Å². The lowest BCUT2D eigenvalue weighted by Crippen LogP contribution is -2.60. The molecule has 3 aliphatic heterocycles. The van der Waals surface area contributed by atoms with Crippen LogP contribution in [-0.4, -0.2) is 134 Å². The number of amides is 1. The third kappa shape index (κ3) is 9.93. The molecule has 3 aliphatic rings. The molecule has 352 valence electrons. The summed E-state index contributed by atoms with van der Waals surface area (Å²) in [6.07, 6.45) is 1.39. The molecule has 15 nitrogen and oxygen atoms in total. The zero-order valence-corrected chi connectivity index (χ0v) is 39.7. The Bertz CT molecular complexity index is 2100. The van der Waals surface area contributed by atoms with Gasteiger partial charge in [0.2, 0.25) is 0 Å². The summed E-state index contributed by atoms with van der Waals surface area (Å²) in [5.74, 6) is -4.08. The van der Waals surface area contributed by atoms with Crippen LogP contribution in [0.15, 0.2) is 48.8 Å². The first-order valence-corrected chi connectivity index (χ1v) is 23.2. The van der Waals surface area contributed by atoms with Crippen molar-refractivity contribution in [3.05, 3.63) is 60.2 Å². The molecule has 3 fully saturated rings. The molecule has 5 heterocycles. The van der Waals surface area contributed by atoms with Crippen molar-refractivity contribution in [2.75, 3.05) is 27.2 Å². The number of aromatic nitrogens is 3. The average molecular weight is 890 g/mol. The van der Waals surface area contributed by atoms with E-state index in [0.717, 1.165) is 22.4 Å². The number of ketones is 2. The number of imidazole rings is 1. The highest BCUT2D eigenvalue weighted by Crippen LogP contribution is 2.43. The van der Waals surface area contributed by atoms with Gasteiger partial charge in [0.05, 0.1) is 34.9 Å². The molecule has 0 unspecified atom stereocenters. The van der Waals surface area contributed by atoms with E-state index in [2.05, 4.69) is 15.6 Å². The van der Waals surface area contributed by atoms with Crippen LogP contribution in [0.5, 0.6) is 0 Å². The molecule has 0 bridgehead atoms. The SMILES string of the molecule is CC[C@H]1OC(=O)[C@H](C)C(=O)[C@H](C)[C@@H](O[C@@H]2O[C@H](C)C[C@H](N(C)CC)[C@H]2O)[C@](C)(OC)C[C@@H](C)C(=O)[C@H](C)[C@@H]2N(CCCCn3c(Cc4cccnc4)nc4ccccc43)C(=O)O[C@@]21C. The van der Waals surface area contributed by atoms with Gasteiger partial charge in [0.25, 0.3) is 0 Å². The van der Waals surface area contributed by atoms with Crippen LogP contribution < -0.4 is 0 Å². The zero-order chi connectivity index (χ0) is 46.7. The highest BCUT2D eigenvalue weighted by atomic mass is 16.7. The van der Waals surface area contributed by atoms with Crippen LogP contribution in [0, 0.1) is 23.7 Å². The van der Waals surface area contributed by atoms with Crippen LogP contribution >= 0.6 is 0 Å². The molecule has 15 heteroatoms. The number of methoxy groups -OCH3 is 1. The maximum absolute atomic E-state index is 14.9. The van der Waals surface area contributed by atoms with Gasteiger partial charge in [-0.25, -0.2) is 9.78 Å². The Morgan fingerprint density at radius 3 is 2.34 bits per heavy atom. The second-order valence-electron chi connectivity index (χ2n) is 18.9. The fourth-order valence-corrected chi connectivity index (χ4v) is 10.6. The second kappa shape index (κ2) is 20.5. The number of carbonyl (C=O) groups is 4. The standard InChI is InChI=1S/C49H71N5O10/c1-12-38-49(9)43(54(47(59)64-49)24-17-16-23-53-36-21-15-14-20-35(36)51-39(53)26-34-19-18-22-50-28-34)31(5)40(55)29(3)27-48(8,60-11)44(32(6)41(56)33(7)45(58)62-38)63-46-42(57)37(52(10)13-2)25-30(4)61-46/h14-15,18-22,28-33,37-38,42-44,46,57H,12-13,16-17,23-27H2,1-11H3/t29-,30-,31+,32+,33-,37+,38-,42-,43+,44-,46+,48-,49-/m1/s1. The minimum Gasteiger partial charge on any atom is -0.458 e. The van der Waals surface area contributed by atoms with E-state index < -0.39 is 83.4 Å². The first-order valence-electron chi connectivity index (χ1n) is 23.2. The third-order valence-electron chi connectivity index (χ3n) is 14.4. The molecule has 0 aliphatic carbocycles. The van der Waals surface area contributed by atoms with Crippen molar-refractivity contribution in [2.45, 2.75) is 161 Å². The molecule has 0 spiro atoms. The maximum Gasteiger partial charge on any atom is 0.410 e. The van der Waals surface area contributed by atoms with Crippen molar-refractivity contribution in [1.82, 2.24) is 24.3 Å². The van der Waals surface area contributed by atoms with Gasteiger partial charge in [0, 0.05) is 62.8 Å². The Balaban J connectivity index is 1.29. The highest BCUT2D eigenvalue weighted by molar-refractivity contribution is 6.00. The van der Waals surface area contributed by atoms with Gasteiger partial charge >= 0.3 is 12.1 Å². The molecule has 3 aromatic rings. The van der Waals surface area contributed by atoms with E-state index in [4.69, 9.17) is 28.7 Å². The van der Waals surface area contributed by atoms with Gasteiger partial charge in [-0.3, -0.25) is 19.4 Å². The number of fused-ring (bicyclic) bond motifs is 2. The number of carbonyl (C=O) groups excluding carboxylic acids is 4. The van der Waals surface area contributed by atoms with Crippen LogP contribution in [0.25, 0.3) is 11.0 Å². The van der Waals surface area contributed by atoms with E-state index in [-0.39, 0.29) is 37.3 Å². The molecule has 1 N–H and O–H groups in total. The molecule has 0 radical (unpaired) electrons. The number of rotatable bonds is 13. The minimum absolute atomic E-state index is 0.125. The summed E-state index contributed by atoms with van der Waals surface area (Å²) in [6, 6.07) is 10.9. The molecule has 1 aromatic carbocycles. The lowest BCUT2D eigenvalue weighted by molar-refractivity contribution is -0.296. The van der Waals surface area contributed by atoms with E-state index >= 15 is 0 Å². The molecule has 2 aromatic heterocycles. The van der Waals surface area contributed by atoms with Crippen LogP contribution in [0.3, 0.4) is 0 Å². The predicted octanol–water partition coefficient (Wildman–Crippen LogP) is 6.40. The van der Waals surface area contributed by atoms with E-state index in [9.17, 15) is 24.3 Å². The number of nitrogens with zero attached hydrogens (tertiary/aromatic N) is 5. The highest BCUT2D eigenvalue weighted by Gasteiger charge is 2.60. The quantitative estimate of drug-likeness (QED) is 0.114. The fraction of sp³-hybridized carbons (Fsp3) is 0.673. The molecule has 64 heavy (non-hydrogen) atoms. The molecular formula is C49H71N5O10. The molecule has 13 atom stereocenters. The number of Topliss-reactive ketones (excluding diaryl/α,β-unsaturated/α-hetero) is 2. The Kier molecular flexibility index (Phi) is 15.7. The summed E-state index contributed by atoms with van der Waals surface area (Å²) in [5.41, 5.74) is 0.267. The smallest absolute Gasteiger partial charge is 0.410 e. The number of cyclic esters (lactones) is 1. The molecule has 1 amide bonds. The van der Waals surface area contributed by atoms with Crippen molar-refractivity contribution >= 4 is 34.7 Å². The summed E-state index contributed by atoms with van der Waals surface area (Å²) in [7, 11) is 3.44. The van der Waals surface area contributed by atoms with E-state index in [1.807, 2.05) is 83.1 Å². The van der Waals surface area contributed by atoms with E-state index in [1.54, 1.807) is 31.9 Å². The summed E-state index contributed by atoms with van der Waals surface area (Å²) in [5, 5.41) is 11.6. The first-order chi connectivity index (χ1) is 30.4. The lowest BCUT2D eigenvalue weighted by Gasteiger charge is -2.47. The maximum atomic E-state index is 14.9. The Morgan fingerprint density at radius 2 is 1.67 bits per heavy atom. The largest absolute Gasteiger partial charge is 0.458 e. The van der Waals surface area contributed by atoms with Crippen molar-refractivity contribution in [3.8, 4) is 0 Å². The van der Waals surface area contributed by atoms with Crippen LogP contribution in [0.1, 0.15) is 106 Å². The number of aliphatic hydroxyl groups excluding tert-OH is 1. The number of benzene rings is 1. The van der Waals surface area contributed by atoms with Crippen molar-refractivity contribution < 1.29 is 48.0 Å². The number of unbranched alkanes of at least 4 members (excludes halogenated alkanes) is 1. The van der Waals surface area contributed by atoms with Gasteiger partial charge < -0.3 is 43.2 Å². The summed E-state index contributed by atoms with van der Waals surface area (Å²) >= 11 is 0. The summed E-state index contributed by atoms with van der Waals surface area (Å²) < 4.78 is 33.8. The van der Waals surface area contributed by atoms with E-state index in [0.29, 0.717) is 38.8 Å². The monoisotopic (exact) mass is 890 g/mol. The Hall–Kier alpha value is -4.28. The number of hydrogen-bond donors (Lipinski definition) is 1. The van der Waals surface area contributed by atoms with Gasteiger partial charge in [0.1, 0.15) is 29.7 Å². The van der Waals surface area contributed by atoms with Crippen molar-refractivity contribution in [3.63, 3.8) is 0 Å². The van der Waals surface area contributed by atoms with Crippen molar-refractivity contribution in [2.24, 2.45) is 23.7 Å². The number of pyridine rings is 1. The normalized spacial score (nSPS) is 34.5. The molecular weight excluding hydrogens is 819 g/mol. The van der Waals surface area contributed by atoms with Gasteiger partial charge in [0.15, 0.2) is 17.7 Å². The molecule has 6 rings (SSSR count). The number of aryl methyl sites for hydroxylation is 1.